The minimum Gasteiger partial charge on any atom is -0.489 e. The van der Waals surface area contributed by atoms with Gasteiger partial charge in [0, 0.05) is 6.20 Å². The Morgan fingerprint density at radius 1 is 1.08 bits per heavy atom. The summed E-state index contributed by atoms with van der Waals surface area (Å²) in [4.78, 5) is 11.1. The Bertz CT molecular complexity index is 389. The highest BCUT2D eigenvalue weighted by atomic mass is 16.3. The zero-order valence-electron chi connectivity index (χ0n) is 5.97. The third kappa shape index (κ3) is 0.914. The van der Waals surface area contributed by atoms with E-state index in [1.54, 1.807) is 12.1 Å². The van der Waals surface area contributed by atoms with Crippen LogP contribution in [0.2, 0.25) is 0 Å². The zero-order valence-corrected chi connectivity index (χ0v) is 5.97. The molecule has 0 saturated carbocycles. The molecule has 12 heavy (non-hydrogen) atoms. The van der Waals surface area contributed by atoms with E-state index in [0.29, 0.717) is 11.2 Å². The summed E-state index contributed by atoms with van der Waals surface area (Å²) in [6.07, 6.45) is 1.54. The van der Waals surface area contributed by atoms with Gasteiger partial charge in [-0.2, -0.15) is 4.98 Å². The predicted octanol–water partition coefficient (Wildman–Crippen LogP) is 0.436. The molecule has 0 aliphatic heterocycles. The molecule has 0 bridgehead atoms. The van der Waals surface area contributed by atoms with Crippen molar-refractivity contribution in [1.82, 2.24) is 15.0 Å². The van der Waals surface area contributed by atoms with E-state index < -0.39 is 11.8 Å². The van der Waals surface area contributed by atoms with Gasteiger partial charge >= 0.3 is 0 Å². The van der Waals surface area contributed by atoms with E-state index in [1.807, 2.05) is 0 Å². The molecule has 60 valence electrons. The number of rotatable bonds is 0. The first-order valence-corrected chi connectivity index (χ1v) is 3.28. The lowest BCUT2D eigenvalue weighted by Crippen LogP contribution is -1.87. The monoisotopic (exact) mass is 163 g/mol. The second kappa shape index (κ2) is 2.30. The largest absolute Gasteiger partial charge is 0.489 e. The van der Waals surface area contributed by atoms with E-state index in [0.717, 1.165) is 0 Å². The SMILES string of the molecule is Oc1nc2cccnc2nc1O. The highest BCUT2D eigenvalue weighted by molar-refractivity contribution is 5.70. The van der Waals surface area contributed by atoms with Crippen molar-refractivity contribution in [2.75, 3.05) is 0 Å². The Hall–Kier alpha value is -1.91. The number of aromatic nitrogens is 3. The van der Waals surface area contributed by atoms with E-state index in [-0.39, 0.29) is 0 Å². The van der Waals surface area contributed by atoms with Gasteiger partial charge in [0.15, 0.2) is 5.65 Å². The minimum atomic E-state index is -0.499. The van der Waals surface area contributed by atoms with Crippen LogP contribution in [-0.4, -0.2) is 25.2 Å². The maximum absolute atomic E-state index is 8.97. The smallest absolute Gasteiger partial charge is 0.277 e. The first-order chi connectivity index (χ1) is 5.77. The topological polar surface area (TPSA) is 79.1 Å². The highest BCUT2D eigenvalue weighted by Gasteiger charge is 2.04. The van der Waals surface area contributed by atoms with Crippen molar-refractivity contribution in [3.05, 3.63) is 18.3 Å². The maximum Gasteiger partial charge on any atom is 0.277 e. The van der Waals surface area contributed by atoms with Crippen LogP contribution in [-0.2, 0) is 0 Å². The van der Waals surface area contributed by atoms with Crippen LogP contribution in [0, 0.1) is 0 Å². The van der Waals surface area contributed by atoms with Crippen molar-refractivity contribution < 1.29 is 10.2 Å². The molecular weight excluding hydrogens is 158 g/mol. The van der Waals surface area contributed by atoms with E-state index in [4.69, 9.17) is 10.2 Å². The summed E-state index contributed by atoms with van der Waals surface area (Å²) in [7, 11) is 0. The van der Waals surface area contributed by atoms with Gasteiger partial charge in [0.1, 0.15) is 5.52 Å². The van der Waals surface area contributed by atoms with Crippen LogP contribution in [0.15, 0.2) is 18.3 Å². The van der Waals surface area contributed by atoms with E-state index >= 15 is 0 Å². The molecule has 0 aromatic carbocycles. The van der Waals surface area contributed by atoms with E-state index in [2.05, 4.69) is 15.0 Å². The third-order valence-electron chi connectivity index (χ3n) is 1.40. The first kappa shape index (κ1) is 6.78. The molecule has 0 radical (unpaired) electrons. The van der Waals surface area contributed by atoms with Crippen LogP contribution in [0.3, 0.4) is 0 Å². The number of fused-ring (bicyclic) bond motifs is 1. The highest BCUT2D eigenvalue weighted by Crippen LogP contribution is 2.20. The second-order valence-electron chi connectivity index (χ2n) is 2.22. The van der Waals surface area contributed by atoms with Crippen molar-refractivity contribution in [2.45, 2.75) is 0 Å². The molecule has 0 atom stereocenters. The van der Waals surface area contributed by atoms with Gasteiger partial charge in [-0.25, -0.2) is 9.97 Å². The Morgan fingerprint density at radius 3 is 2.67 bits per heavy atom. The molecule has 2 aromatic heterocycles. The molecule has 2 heterocycles. The van der Waals surface area contributed by atoms with Crippen molar-refractivity contribution >= 4 is 11.2 Å². The van der Waals surface area contributed by atoms with Crippen LogP contribution in [0.5, 0.6) is 11.8 Å². The Kier molecular flexibility index (Phi) is 1.30. The van der Waals surface area contributed by atoms with Gasteiger partial charge in [-0.1, -0.05) is 0 Å². The molecule has 0 unspecified atom stereocenters. The summed E-state index contributed by atoms with van der Waals surface area (Å²) in [5, 5.41) is 17.9. The molecule has 2 rings (SSSR count). The standard InChI is InChI=1S/C7H5N3O2/c11-6-7(12)10-5-4(9-6)2-1-3-8-5/h1-3H,(H,9,11)(H,8,10,12). The molecule has 2 aromatic rings. The van der Waals surface area contributed by atoms with Crippen molar-refractivity contribution in [3.63, 3.8) is 0 Å². The number of pyridine rings is 1. The van der Waals surface area contributed by atoms with Gasteiger partial charge in [0.05, 0.1) is 0 Å². The Labute approximate surface area is 67.4 Å². The summed E-state index contributed by atoms with van der Waals surface area (Å²) in [6, 6.07) is 3.32. The molecule has 0 saturated heterocycles. The van der Waals surface area contributed by atoms with Crippen LogP contribution in [0.1, 0.15) is 0 Å². The van der Waals surface area contributed by atoms with Gasteiger partial charge < -0.3 is 10.2 Å². The quantitative estimate of drug-likeness (QED) is 0.589. The van der Waals surface area contributed by atoms with Gasteiger partial charge in [0.25, 0.3) is 11.8 Å². The van der Waals surface area contributed by atoms with Crippen LogP contribution >= 0.6 is 0 Å². The van der Waals surface area contributed by atoms with Crippen molar-refractivity contribution in [1.29, 1.82) is 0 Å². The fraction of sp³-hybridized carbons (Fsp3) is 0. The van der Waals surface area contributed by atoms with Gasteiger partial charge in [-0.15, -0.1) is 0 Å². The molecule has 2 N–H and O–H groups in total. The summed E-state index contributed by atoms with van der Waals surface area (Å²) in [5.74, 6) is -0.975. The Balaban J connectivity index is 2.84. The molecule has 0 amide bonds. The van der Waals surface area contributed by atoms with E-state index in [9.17, 15) is 0 Å². The average molecular weight is 163 g/mol. The molecular formula is C7H5N3O2. The summed E-state index contributed by atoms with van der Waals surface area (Å²) >= 11 is 0. The van der Waals surface area contributed by atoms with E-state index in [1.165, 1.54) is 6.20 Å². The molecule has 0 fully saturated rings. The number of nitrogens with zero attached hydrogens (tertiary/aromatic N) is 3. The zero-order chi connectivity index (χ0) is 8.55. The molecule has 5 heteroatoms. The van der Waals surface area contributed by atoms with Crippen molar-refractivity contribution in [3.8, 4) is 11.8 Å². The van der Waals surface area contributed by atoms with Crippen LogP contribution in [0.4, 0.5) is 0 Å². The lowest BCUT2D eigenvalue weighted by atomic mass is 10.4. The number of aromatic hydroxyl groups is 2. The average Bonchev–Trinajstić information content (AvgIpc) is 2.07. The fourth-order valence-corrected chi connectivity index (χ4v) is 0.876. The summed E-state index contributed by atoms with van der Waals surface area (Å²) < 4.78 is 0. The molecule has 5 nitrogen and oxygen atoms in total. The number of hydrogen-bond acceptors (Lipinski definition) is 5. The van der Waals surface area contributed by atoms with Crippen LogP contribution < -0.4 is 0 Å². The Morgan fingerprint density at radius 2 is 1.83 bits per heavy atom. The minimum absolute atomic E-state index is 0.313. The maximum atomic E-state index is 8.97. The normalized spacial score (nSPS) is 10.3. The van der Waals surface area contributed by atoms with Gasteiger partial charge in [0.2, 0.25) is 0 Å². The lowest BCUT2D eigenvalue weighted by Gasteiger charge is -1.96. The van der Waals surface area contributed by atoms with Gasteiger partial charge in [-0.05, 0) is 12.1 Å². The fourth-order valence-electron chi connectivity index (χ4n) is 0.876. The molecule has 0 spiro atoms. The third-order valence-corrected chi connectivity index (χ3v) is 1.40. The summed E-state index contributed by atoms with van der Waals surface area (Å²) in [5.41, 5.74) is 0.764. The predicted molar refractivity (Wildman–Crippen MR) is 40.7 cm³/mol. The molecule has 0 aliphatic rings. The summed E-state index contributed by atoms with van der Waals surface area (Å²) in [6.45, 7) is 0. The van der Waals surface area contributed by atoms with Crippen LogP contribution in [0.25, 0.3) is 11.2 Å². The number of hydrogen-bond donors (Lipinski definition) is 2. The first-order valence-electron chi connectivity index (χ1n) is 3.28. The van der Waals surface area contributed by atoms with Gasteiger partial charge in [-0.3, -0.25) is 0 Å². The van der Waals surface area contributed by atoms with Crippen molar-refractivity contribution in [2.24, 2.45) is 0 Å². The molecule has 0 aliphatic carbocycles. The second-order valence-corrected chi connectivity index (χ2v) is 2.22. The lowest BCUT2D eigenvalue weighted by molar-refractivity contribution is 0.377.